The van der Waals surface area contributed by atoms with E-state index in [0.717, 1.165) is 6.54 Å². The maximum absolute atomic E-state index is 11.5. The lowest BCUT2D eigenvalue weighted by molar-refractivity contribution is -0.139. The number of hydrogen-bond donors (Lipinski definition) is 3. The maximum Gasteiger partial charge on any atom is 0.305 e. The summed E-state index contributed by atoms with van der Waals surface area (Å²) in [5.74, 6) is -1.45. The Hall–Kier alpha value is -1.14. The van der Waals surface area contributed by atoms with Gasteiger partial charge in [-0.1, -0.05) is 12.8 Å². The average molecular weight is 257 g/mol. The molecule has 4 N–H and O–H groups in total. The number of aliphatic carboxylic acids is 1. The number of hydrogen-bond acceptors (Lipinski definition) is 4. The van der Waals surface area contributed by atoms with Crippen LogP contribution in [0.5, 0.6) is 0 Å². The fourth-order valence-electron chi connectivity index (χ4n) is 2.29. The van der Waals surface area contributed by atoms with Crippen LogP contribution in [0.1, 0.15) is 32.1 Å². The lowest BCUT2D eigenvalue weighted by Gasteiger charge is -2.24. The lowest BCUT2D eigenvalue weighted by atomic mass is 10.2. The molecule has 0 aromatic carbocycles. The Labute approximate surface area is 108 Å². The van der Waals surface area contributed by atoms with E-state index in [1.54, 1.807) is 0 Å². The molecule has 104 valence electrons. The van der Waals surface area contributed by atoms with Crippen LogP contribution in [-0.2, 0) is 9.59 Å². The molecule has 1 atom stereocenters. The van der Waals surface area contributed by atoms with Crippen LogP contribution in [0.15, 0.2) is 0 Å². The molecule has 1 aliphatic rings. The summed E-state index contributed by atoms with van der Waals surface area (Å²) in [6, 6.07) is -0.339. The quantitative estimate of drug-likeness (QED) is 0.586. The second kappa shape index (κ2) is 7.33. The van der Waals surface area contributed by atoms with Crippen molar-refractivity contribution in [3.63, 3.8) is 0 Å². The second-order valence-corrected chi connectivity index (χ2v) is 4.91. The maximum atomic E-state index is 11.5. The van der Waals surface area contributed by atoms with E-state index in [2.05, 4.69) is 17.3 Å². The Kier molecular flexibility index (Phi) is 6.07. The summed E-state index contributed by atoms with van der Waals surface area (Å²) in [7, 11) is 2.05. The fraction of sp³-hybridized carbons (Fsp3) is 0.833. The van der Waals surface area contributed by atoms with Gasteiger partial charge in [0.1, 0.15) is 0 Å². The second-order valence-electron chi connectivity index (χ2n) is 4.91. The van der Waals surface area contributed by atoms with Crippen LogP contribution in [0, 0.1) is 0 Å². The fourth-order valence-corrected chi connectivity index (χ4v) is 2.29. The van der Waals surface area contributed by atoms with Gasteiger partial charge in [0.2, 0.25) is 5.91 Å². The summed E-state index contributed by atoms with van der Waals surface area (Å²) < 4.78 is 0. The van der Waals surface area contributed by atoms with Crippen molar-refractivity contribution >= 4 is 11.9 Å². The monoisotopic (exact) mass is 257 g/mol. The first-order valence-electron chi connectivity index (χ1n) is 6.46. The largest absolute Gasteiger partial charge is 0.481 e. The third kappa shape index (κ3) is 5.01. The van der Waals surface area contributed by atoms with Gasteiger partial charge in [-0.2, -0.15) is 0 Å². The molecule has 0 saturated heterocycles. The molecule has 6 nitrogen and oxygen atoms in total. The molecule has 0 aliphatic heterocycles. The van der Waals surface area contributed by atoms with Gasteiger partial charge in [0.05, 0.1) is 12.5 Å². The average Bonchev–Trinajstić information content (AvgIpc) is 2.81. The number of carboxylic acids is 1. The van der Waals surface area contributed by atoms with Crippen molar-refractivity contribution in [1.29, 1.82) is 0 Å². The first kappa shape index (κ1) is 14.9. The van der Waals surface area contributed by atoms with Gasteiger partial charge in [0.25, 0.3) is 0 Å². The van der Waals surface area contributed by atoms with Crippen molar-refractivity contribution in [2.24, 2.45) is 5.73 Å². The molecule has 1 fully saturated rings. The summed E-state index contributed by atoms with van der Waals surface area (Å²) in [5, 5.41) is 11.2. The molecule has 1 saturated carbocycles. The molecule has 0 bridgehead atoms. The first-order chi connectivity index (χ1) is 8.50. The highest BCUT2D eigenvalue weighted by molar-refractivity contribution is 5.85. The van der Waals surface area contributed by atoms with Gasteiger partial charge in [-0.15, -0.1) is 0 Å². The van der Waals surface area contributed by atoms with Gasteiger partial charge in [-0.05, 0) is 19.9 Å². The predicted octanol–water partition coefficient (Wildman–Crippen LogP) is -0.221. The molecule has 0 aromatic rings. The summed E-state index contributed by atoms with van der Waals surface area (Å²) >= 11 is 0. The molecule has 1 rings (SSSR count). The number of amides is 1. The van der Waals surface area contributed by atoms with Crippen LogP contribution >= 0.6 is 0 Å². The molecule has 0 spiro atoms. The van der Waals surface area contributed by atoms with Gasteiger partial charge >= 0.3 is 5.97 Å². The van der Waals surface area contributed by atoms with Crippen LogP contribution in [0.4, 0.5) is 0 Å². The smallest absolute Gasteiger partial charge is 0.305 e. The summed E-state index contributed by atoms with van der Waals surface area (Å²) in [6.45, 7) is 1.29. The Morgan fingerprint density at radius 2 is 2.06 bits per heavy atom. The van der Waals surface area contributed by atoms with Gasteiger partial charge in [-0.25, -0.2) is 0 Å². The molecule has 0 radical (unpaired) electrons. The van der Waals surface area contributed by atoms with E-state index in [9.17, 15) is 9.59 Å². The zero-order chi connectivity index (χ0) is 13.5. The van der Waals surface area contributed by atoms with Crippen molar-refractivity contribution in [2.75, 3.05) is 20.1 Å². The summed E-state index contributed by atoms with van der Waals surface area (Å²) in [6.07, 6.45) is 4.69. The number of rotatable bonds is 7. The van der Waals surface area contributed by atoms with Crippen LogP contribution in [0.2, 0.25) is 0 Å². The van der Waals surface area contributed by atoms with E-state index >= 15 is 0 Å². The summed E-state index contributed by atoms with van der Waals surface area (Å²) in [4.78, 5) is 24.1. The van der Waals surface area contributed by atoms with Crippen LogP contribution in [0.3, 0.4) is 0 Å². The molecule has 0 heterocycles. The van der Waals surface area contributed by atoms with Crippen LogP contribution in [-0.4, -0.2) is 54.1 Å². The molecule has 1 amide bonds. The molecule has 6 heteroatoms. The number of nitrogens with zero attached hydrogens (tertiary/aromatic N) is 1. The van der Waals surface area contributed by atoms with E-state index in [0.29, 0.717) is 12.6 Å². The highest BCUT2D eigenvalue weighted by Gasteiger charge is 2.20. The summed E-state index contributed by atoms with van der Waals surface area (Å²) in [5.41, 5.74) is 5.45. The number of carbonyl (C=O) groups is 2. The van der Waals surface area contributed by atoms with Gasteiger partial charge in [-0.3, -0.25) is 9.59 Å². The Bertz CT molecular complexity index is 290. The highest BCUT2D eigenvalue weighted by atomic mass is 16.4. The predicted molar refractivity (Wildman–Crippen MR) is 68.1 cm³/mol. The van der Waals surface area contributed by atoms with Crippen LogP contribution < -0.4 is 11.1 Å². The number of likely N-dealkylation sites (N-methyl/N-ethyl adjacent to an activating group) is 1. The molecule has 0 aromatic heterocycles. The minimum atomic E-state index is -1.05. The standard InChI is InChI=1S/C12H23N3O3/c1-15(9-4-2-3-5-9)7-6-14-12(18)10(13)8-11(16)17/h9-10H,2-8,13H2,1H3,(H,14,18)(H,16,17). The topological polar surface area (TPSA) is 95.7 Å². The van der Waals surface area contributed by atoms with Crippen LogP contribution in [0.25, 0.3) is 0 Å². The Morgan fingerprint density at radius 3 is 2.61 bits per heavy atom. The number of carbonyl (C=O) groups excluding carboxylic acids is 1. The highest BCUT2D eigenvalue weighted by Crippen LogP contribution is 2.21. The SMILES string of the molecule is CN(CCNC(=O)C(N)CC(=O)O)C1CCCC1. The van der Waals surface area contributed by atoms with Crippen molar-refractivity contribution in [2.45, 2.75) is 44.2 Å². The van der Waals surface area contributed by atoms with Gasteiger partial charge in [0.15, 0.2) is 0 Å². The molecular weight excluding hydrogens is 234 g/mol. The minimum Gasteiger partial charge on any atom is -0.481 e. The zero-order valence-corrected chi connectivity index (χ0v) is 10.9. The lowest BCUT2D eigenvalue weighted by Crippen LogP contribution is -2.45. The van der Waals surface area contributed by atoms with Crippen molar-refractivity contribution in [1.82, 2.24) is 10.2 Å². The normalized spacial score (nSPS) is 17.9. The number of nitrogens with one attached hydrogen (secondary N) is 1. The van der Waals surface area contributed by atoms with Gasteiger partial charge < -0.3 is 21.1 Å². The van der Waals surface area contributed by atoms with E-state index in [1.165, 1.54) is 25.7 Å². The van der Waals surface area contributed by atoms with E-state index in [4.69, 9.17) is 10.8 Å². The molecule has 1 aliphatic carbocycles. The molecule has 18 heavy (non-hydrogen) atoms. The van der Waals surface area contributed by atoms with E-state index in [-0.39, 0.29) is 6.42 Å². The van der Waals surface area contributed by atoms with E-state index in [1.807, 2.05) is 0 Å². The Morgan fingerprint density at radius 1 is 1.44 bits per heavy atom. The molecular formula is C12H23N3O3. The van der Waals surface area contributed by atoms with Gasteiger partial charge in [0, 0.05) is 19.1 Å². The Balaban J connectivity index is 2.16. The molecule has 1 unspecified atom stereocenters. The zero-order valence-electron chi connectivity index (χ0n) is 10.9. The third-order valence-corrected chi connectivity index (χ3v) is 3.44. The third-order valence-electron chi connectivity index (χ3n) is 3.44. The van der Waals surface area contributed by atoms with Crippen molar-refractivity contribution < 1.29 is 14.7 Å². The number of nitrogens with two attached hydrogens (primary N) is 1. The van der Waals surface area contributed by atoms with E-state index < -0.39 is 17.9 Å². The van der Waals surface area contributed by atoms with Crippen molar-refractivity contribution in [3.05, 3.63) is 0 Å². The van der Waals surface area contributed by atoms with Crippen molar-refractivity contribution in [3.8, 4) is 0 Å². The first-order valence-corrected chi connectivity index (χ1v) is 6.46. The minimum absolute atomic E-state index is 0.329. The number of carboxylic acid groups (broad SMARTS) is 1.